The summed E-state index contributed by atoms with van der Waals surface area (Å²) >= 11 is 0. The molecule has 1 atom stereocenters. The second-order valence-electron chi connectivity index (χ2n) is 6.52. The van der Waals surface area contributed by atoms with Crippen molar-refractivity contribution in [2.24, 2.45) is 0 Å². The lowest BCUT2D eigenvalue weighted by Crippen LogP contribution is -2.11. The number of rotatable bonds is 5. The van der Waals surface area contributed by atoms with Crippen molar-refractivity contribution < 1.29 is 19.1 Å². The van der Waals surface area contributed by atoms with Gasteiger partial charge in [0.05, 0.1) is 0 Å². The minimum atomic E-state index is -0.691. The first-order valence-corrected chi connectivity index (χ1v) is 8.08. The third kappa shape index (κ3) is 3.75. The number of hydrogen-bond donors (Lipinski definition) is 1. The number of phenolic OH excluding ortho intramolecular Hbond substituents is 1. The molecule has 0 fully saturated rings. The summed E-state index contributed by atoms with van der Waals surface area (Å²) in [5.41, 5.74) is 1.87. The van der Waals surface area contributed by atoms with Gasteiger partial charge in [-0.2, -0.15) is 0 Å². The summed E-state index contributed by atoms with van der Waals surface area (Å²) < 4.78 is 10.7. The average Bonchev–Trinajstić information content (AvgIpc) is 2.93. The van der Waals surface area contributed by atoms with Gasteiger partial charge in [-0.1, -0.05) is 33.8 Å². The van der Waals surface area contributed by atoms with Crippen LogP contribution >= 0.6 is 0 Å². The van der Waals surface area contributed by atoms with Crippen LogP contribution in [0.1, 0.15) is 85.8 Å². The van der Waals surface area contributed by atoms with Crippen LogP contribution in [0.15, 0.2) is 16.5 Å². The van der Waals surface area contributed by atoms with Crippen molar-refractivity contribution in [2.45, 2.75) is 59.5 Å². The molecule has 0 aliphatic heterocycles. The summed E-state index contributed by atoms with van der Waals surface area (Å²) in [7, 11) is 0. The van der Waals surface area contributed by atoms with Gasteiger partial charge in [0.1, 0.15) is 11.3 Å². The molecule has 0 spiro atoms. The van der Waals surface area contributed by atoms with Gasteiger partial charge in [0.25, 0.3) is 5.89 Å². The Labute approximate surface area is 141 Å². The highest BCUT2D eigenvalue weighted by Crippen LogP contribution is 2.34. The fourth-order valence-electron chi connectivity index (χ4n) is 2.36. The third-order valence-electron chi connectivity index (χ3n) is 3.84. The maximum absolute atomic E-state index is 12.5. The standard InChI is InChI=1S/C18H24N2O4/c1-9(2)13-7-14(10(3)4)16(21)15(8-13)18(22)23-11(5)17-20-19-12(6)24-17/h7-11,21H,1-6H3. The number of esters is 1. The molecule has 6 nitrogen and oxygen atoms in total. The van der Waals surface area contributed by atoms with Gasteiger partial charge in [-0.05, 0) is 36.0 Å². The number of phenols is 1. The van der Waals surface area contributed by atoms with E-state index in [0.717, 1.165) is 11.1 Å². The fraction of sp³-hybridized carbons (Fsp3) is 0.500. The summed E-state index contributed by atoms with van der Waals surface area (Å²) in [6, 6.07) is 3.62. The Morgan fingerprint density at radius 3 is 2.29 bits per heavy atom. The van der Waals surface area contributed by atoms with E-state index in [1.807, 2.05) is 33.8 Å². The minimum absolute atomic E-state index is 0.0340. The first-order valence-electron chi connectivity index (χ1n) is 8.08. The minimum Gasteiger partial charge on any atom is -0.507 e. The summed E-state index contributed by atoms with van der Waals surface area (Å²) in [4.78, 5) is 12.5. The van der Waals surface area contributed by atoms with Crippen LogP contribution in [0.3, 0.4) is 0 Å². The van der Waals surface area contributed by atoms with Crippen molar-refractivity contribution >= 4 is 5.97 Å². The second kappa shape index (κ2) is 7.03. The van der Waals surface area contributed by atoms with Gasteiger partial charge in [-0.15, -0.1) is 10.2 Å². The number of carbonyl (C=O) groups excluding carboxylic acids is 1. The molecule has 0 bridgehead atoms. The molecule has 0 saturated heterocycles. The van der Waals surface area contributed by atoms with Crippen molar-refractivity contribution in [3.8, 4) is 5.75 Å². The van der Waals surface area contributed by atoms with E-state index in [9.17, 15) is 9.90 Å². The number of nitrogens with zero attached hydrogens (tertiary/aromatic N) is 2. The molecule has 0 aliphatic rings. The van der Waals surface area contributed by atoms with Crippen LogP contribution in [-0.4, -0.2) is 21.3 Å². The summed E-state index contributed by atoms with van der Waals surface area (Å²) in [5.74, 6) is 0.301. The number of ether oxygens (including phenoxy) is 1. The van der Waals surface area contributed by atoms with Gasteiger partial charge >= 0.3 is 5.97 Å². The Hall–Kier alpha value is -2.37. The van der Waals surface area contributed by atoms with E-state index < -0.39 is 12.1 Å². The molecule has 1 N–H and O–H groups in total. The van der Waals surface area contributed by atoms with E-state index in [4.69, 9.17) is 9.15 Å². The summed E-state index contributed by atoms with van der Waals surface area (Å²) in [6.07, 6.45) is -0.691. The fourth-order valence-corrected chi connectivity index (χ4v) is 2.36. The molecule has 2 rings (SSSR count). The number of aromatic nitrogens is 2. The van der Waals surface area contributed by atoms with Crippen molar-refractivity contribution in [1.29, 1.82) is 0 Å². The Balaban J connectivity index is 2.34. The lowest BCUT2D eigenvalue weighted by atomic mass is 9.92. The molecule has 0 amide bonds. The molecule has 24 heavy (non-hydrogen) atoms. The van der Waals surface area contributed by atoms with E-state index in [-0.39, 0.29) is 29.0 Å². The van der Waals surface area contributed by atoms with Crippen LogP contribution in [0, 0.1) is 6.92 Å². The number of hydrogen-bond acceptors (Lipinski definition) is 6. The van der Waals surface area contributed by atoms with Crippen molar-refractivity contribution in [1.82, 2.24) is 10.2 Å². The van der Waals surface area contributed by atoms with E-state index in [0.29, 0.717) is 5.89 Å². The Morgan fingerprint density at radius 1 is 1.12 bits per heavy atom. The number of aryl methyl sites for hydroxylation is 1. The van der Waals surface area contributed by atoms with E-state index in [1.54, 1.807) is 19.9 Å². The monoisotopic (exact) mass is 332 g/mol. The molecule has 6 heteroatoms. The molecule has 130 valence electrons. The van der Waals surface area contributed by atoms with Gasteiger partial charge in [0, 0.05) is 6.92 Å². The highest BCUT2D eigenvalue weighted by Gasteiger charge is 2.24. The van der Waals surface area contributed by atoms with Crippen LogP contribution < -0.4 is 0 Å². The molecular formula is C18H24N2O4. The van der Waals surface area contributed by atoms with E-state index in [1.165, 1.54) is 0 Å². The maximum Gasteiger partial charge on any atom is 0.342 e. The van der Waals surface area contributed by atoms with Gasteiger partial charge in [-0.3, -0.25) is 0 Å². The highest BCUT2D eigenvalue weighted by atomic mass is 16.6. The molecule has 1 unspecified atom stereocenters. The lowest BCUT2D eigenvalue weighted by Gasteiger charge is -2.17. The van der Waals surface area contributed by atoms with Crippen LogP contribution in [0.2, 0.25) is 0 Å². The molecule has 1 aromatic carbocycles. The number of carbonyl (C=O) groups is 1. The highest BCUT2D eigenvalue weighted by molar-refractivity contribution is 5.93. The zero-order chi connectivity index (χ0) is 18.0. The average molecular weight is 332 g/mol. The predicted molar refractivity (Wildman–Crippen MR) is 89.2 cm³/mol. The predicted octanol–water partition coefficient (Wildman–Crippen LogP) is 4.25. The van der Waals surface area contributed by atoms with Crippen LogP contribution in [0.5, 0.6) is 5.75 Å². The summed E-state index contributed by atoms with van der Waals surface area (Å²) in [6.45, 7) is 11.3. The number of benzene rings is 1. The topological polar surface area (TPSA) is 85.5 Å². The SMILES string of the molecule is Cc1nnc(C(C)OC(=O)c2cc(C(C)C)cc(C(C)C)c2O)o1. The largest absolute Gasteiger partial charge is 0.507 e. The Morgan fingerprint density at radius 2 is 1.79 bits per heavy atom. The molecule has 0 radical (unpaired) electrons. The first-order chi connectivity index (χ1) is 11.2. The van der Waals surface area contributed by atoms with Gasteiger partial charge in [0.15, 0.2) is 6.10 Å². The van der Waals surface area contributed by atoms with Gasteiger partial charge < -0.3 is 14.3 Å². The Kier molecular flexibility index (Phi) is 5.26. The van der Waals surface area contributed by atoms with Crippen LogP contribution in [0.4, 0.5) is 0 Å². The van der Waals surface area contributed by atoms with Crippen molar-refractivity contribution in [2.75, 3.05) is 0 Å². The van der Waals surface area contributed by atoms with Gasteiger partial charge in [0.2, 0.25) is 5.89 Å². The van der Waals surface area contributed by atoms with Crippen molar-refractivity contribution in [3.05, 3.63) is 40.6 Å². The first kappa shape index (κ1) is 18.0. The molecule has 1 heterocycles. The smallest absolute Gasteiger partial charge is 0.342 e. The zero-order valence-corrected chi connectivity index (χ0v) is 15.0. The van der Waals surface area contributed by atoms with E-state index >= 15 is 0 Å². The van der Waals surface area contributed by atoms with Crippen molar-refractivity contribution in [3.63, 3.8) is 0 Å². The Bertz CT molecular complexity index is 735. The maximum atomic E-state index is 12.5. The molecule has 1 aromatic heterocycles. The molecule has 2 aromatic rings. The third-order valence-corrected chi connectivity index (χ3v) is 3.84. The quantitative estimate of drug-likeness (QED) is 0.824. The lowest BCUT2D eigenvalue weighted by molar-refractivity contribution is 0.0273. The van der Waals surface area contributed by atoms with Crippen LogP contribution in [0.25, 0.3) is 0 Å². The van der Waals surface area contributed by atoms with Gasteiger partial charge in [-0.25, -0.2) is 4.79 Å². The van der Waals surface area contributed by atoms with E-state index in [2.05, 4.69) is 10.2 Å². The zero-order valence-electron chi connectivity index (χ0n) is 15.0. The van der Waals surface area contributed by atoms with Crippen LogP contribution in [-0.2, 0) is 4.74 Å². The molecule has 0 aliphatic carbocycles. The number of aromatic hydroxyl groups is 1. The summed E-state index contributed by atoms with van der Waals surface area (Å²) in [5, 5.41) is 18.0. The molecular weight excluding hydrogens is 308 g/mol. The normalized spacial score (nSPS) is 12.7. The second-order valence-corrected chi connectivity index (χ2v) is 6.52. The molecule has 0 saturated carbocycles.